The SMILES string of the molecule is Cc1nc2ccc(Br)cc2c(=O)n1N=Cc1cc(Cl)cc(Br)c1OCc1ccccc1Cl. The molecule has 4 aromatic rings. The van der Waals surface area contributed by atoms with Crippen molar-refractivity contribution in [1.29, 1.82) is 0 Å². The molecule has 0 spiro atoms. The van der Waals surface area contributed by atoms with Gasteiger partial charge in [0.05, 0.1) is 21.6 Å². The van der Waals surface area contributed by atoms with E-state index in [0.717, 1.165) is 10.0 Å². The second-order valence-electron chi connectivity index (χ2n) is 6.87. The average Bonchev–Trinajstić information content (AvgIpc) is 2.74. The molecule has 3 aromatic carbocycles. The van der Waals surface area contributed by atoms with Gasteiger partial charge in [0, 0.05) is 25.6 Å². The number of hydrogen-bond acceptors (Lipinski definition) is 4. The summed E-state index contributed by atoms with van der Waals surface area (Å²) in [4.78, 5) is 17.5. The second-order valence-corrected chi connectivity index (χ2v) is 9.48. The molecule has 0 N–H and O–H groups in total. The molecule has 0 aliphatic rings. The Morgan fingerprint density at radius 1 is 1.12 bits per heavy atom. The van der Waals surface area contributed by atoms with Gasteiger partial charge in [-0.15, -0.1) is 0 Å². The Hall–Kier alpha value is -2.19. The topological polar surface area (TPSA) is 56.5 Å². The largest absolute Gasteiger partial charge is 0.487 e. The zero-order valence-electron chi connectivity index (χ0n) is 16.7. The molecule has 1 heterocycles. The summed E-state index contributed by atoms with van der Waals surface area (Å²) in [6.07, 6.45) is 1.53. The van der Waals surface area contributed by atoms with Crippen LogP contribution in [0, 0.1) is 6.92 Å². The maximum atomic E-state index is 13.0. The van der Waals surface area contributed by atoms with Crippen molar-refractivity contribution in [2.45, 2.75) is 13.5 Å². The maximum Gasteiger partial charge on any atom is 0.282 e. The minimum atomic E-state index is -0.273. The molecule has 0 aliphatic carbocycles. The van der Waals surface area contributed by atoms with Crippen molar-refractivity contribution in [3.8, 4) is 5.75 Å². The van der Waals surface area contributed by atoms with Gasteiger partial charge >= 0.3 is 0 Å². The lowest BCUT2D eigenvalue weighted by Gasteiger charge is -2.13. The molecule has 0 unspecified atom stereocenters. The van der Waals surface area contributed by atoms with Crippen molar-refractivity contribution in [2.24, 2.45) is 5.10 Å². The first-order valence-electron chi connectivity index (χ1n) is 9.42. The van der Waals surface area contributed by atoms with Crippen LogP contribution in [0.25, 0.3) is 10.9 Å². The first-order valence-corrected chi connectivity index (χ1v) is 11.8. The first-order chi connectivity index (χ1) is 15.3. The van der Waals surface area contributed by atoms with Crippen LogP contribution in [0.3, 0.4) is 0 Å². The number of halogens is 4. The van der Waals surface area contributed by atoms with E-state index >= 15 is 0 Å². The number of nitrogens with zero attached hydrogens (tertiary/aromatic N) is 3. The average molecular weight is 596 g/mol. The van der Waals surface area contributed by atoms with Gasteiger partial charge in [-0.1, -0.05) is 57.3 Å². The minimum Gasteiger partial charge on any atom is -0.487 e. The van der Waals surface area contributed by atoms with Gasteiger partial charge in [-0.2, -0.15) is 9.78 Å². The van der Waals surface area contributed by atoms with Crippen LogP contribution >= 0.6 is 55.1 Å². The lowest BCUT2D eigenvalue weighted by Crippen LogP contribution is -2.20. The van der Waals surface area contributed by atoms with Gasteiger partial charge in [-0.3, -0.25) is 4.79 Å². The molecule has 0 saturated carbocycles. The fourth-order valence-corrected chi connectivity index (χ4v) is 4.61. The number of hydrogen-bond donors (Lipinski definition) is 0. The van der Waals surface area contributed by atoms with Crippen LogP contribution in [0.15, 0.2) is 73.4 Å². The van der Waals surface area contributed by atoms with Gasteiger partial charge in [0.2, 0.25) is 0 Å². The van der Waals surface area contributed by atoms with Crippen LogP contribution in [0.2, 0.25) is 10.0 Å². The van der Waals surface area contributed by atoms with Gasteiger partial charge in [-0.25, -0.2) is 4.98 Å². The zero-order valence-corrected chi connectivity index (χ0v) is 21.3. The van der Waals surface area contributed by atoms with Crippen molar-refractivity contribution in [1.82, 2.24) is 9.66 Å². The fourth-order valence-electron chi connectivity index (χ4n) is 3.11. The van der Waals surface area contributed by atoms with Gasteiger partial charge in [0.25, 0.3) is 5.56 Å². The van der Waals surface area contributed by atoms with E-state index in [-0.39, 0.29) is 12.2 Å². The Bertz CT molecular complexity index is 1420. The summed E-state index contributed by atoms with van der Waals surface area (Å²) < 4.78 is 8.73. The highest BCUT2D eigenvalue weighted by Gasteiger charge is 2.12. The highest BCUT2D eigenvalue weighted by Crippen LogP contribution is 2.33. The van der Waals surface area contributed by atoms with Crippen molar-refractivity contribution in [3.63, 3.8) is 0 Å². The van der Waals surface area contributed by atoms with Crippen LogP contribution in [-0.4, -0.2) is 15.9 Å². The summed E-state index contributed by atoms with van der Waals surface area (Å²) in [6.45, 7) is 1.98. The van der Waals surface area contributed by atoms with E-state index in [0.29, 0.717) is 42.6 Å². The molecule has 0 radical (unpaired) electrons. The first kappa shape index (κ1) is 23.0. The Morgan fingerprint density at radius 3 is 2.69 bits per heavy atom. The van der Waals surface area contributed by atoms with E-state index in [1.165, 1.54) is 10.9 Å². The Kier molecular flexibility index (Phi) is 7.00. The summed E-state index contributed by atoms with van der Waals surface area (Å²) in [6, 6.07) is 16.2. The molecule has 0 amide bonds. The maximum absolute atomic E-state index is 13.0. The predicted molar refractivity (Wildman–Crippen MR) is 136 cm³/mol. The van der Waals surface area contributed by atoms with E-state index in [2.05, 4.69) is 41.9 Å². The normalized spacial score (nSPS) is 11.4. The van der Waals surface area contributed by atoms with Crippen molar-refractivity contribution in [2.75, 3.05) is 0 Å². The predicted octanol–water partition coefficient (Wildman–Crippen LogP) is 7.00. The Morgan fingerprint density at radius 2 is 1.91 bits per heavy atom. The molecule has 0 fully saturated rings. The molecule has 4 rings (SSSR count). The lowest BCUT2D eigenvalue weighted by atomic mass is 10.2. The summed E-state index contributed by atoms with van der Waals surface area (Å²) in [7, 11) is 0. The third kappa shape index (κ3) is 4.91. The van der Waals surface area contributed by atoms with Gasteiger partial charge < -0.3 is 4.74 Å². The molecule has 0 saturated heterocycles. The number of aryl methyl sites for hydroxylation is 1. The smallest absolute Gasteiger partial charge is 0.282 e. The number of ether oxygens (including phenoxy) is 1. The van der Waals surface area contributed by atoms with Gasteiger partial charge in [0.1, 0.15) is 18.2 Å². The highest BCUT2D eigenvalue weighted by molar-refractivity contribution is 9.10. The van der Waals surface area contributed by atoms with Crippen molar-refractivity contribution in [3.05, 3.63) is 101 Å². The van der Waals surface area contributed by atoms with Crippen LogP contribution in [0.1, 0.15) is 17.0 Å². The van der Waals surface area contributed by atoms with E-state index < -0.39 is 0 Å². The van der Waals surface area contributed by atoms with E-state index in [4.69, 9.17) is 27.9 Å². The highest BCUT2D eigenvalue weighted by atomic mass is 79.9. The molecular weight excluding hydrogens is 581 g/mol. The van der Waals surface area contributed by atoms with Crippen LogP contribution < -0.4 is 10.3 Å². The lowest BCUT2D eigenvalue weighted by molar-refractivity contribution is 0.304. The van der Waals surface area contributed by atoms with Gasteiger partial charge in [0.15, 0.2) is 0 Å². The fraction of sp³-hybridized carbons (Fsp3) is 0.0870. The van der Waals surface area contributed by atoms with Gasteiger partial charge in [-0.05, 0) is 59.3 Å². The standard InChI is InChI=1S/C23H15Br2Cl2N3O2/c1-13-29-21-7-6-16(24)9-18(21)23(31)30(13)28-11-15-8-17(26)10-19(25)22(15)32-12-14-4-2-3-5-20(14)27/h2-11H,12H2,1H3. The molecule has 0 atom stereocenters. The van der Waals surface area contributed by atoms with E-state index in [1.54, 1.807) is 37.3 Å². The molecule has 0 aliphatic heterocycles. The quantitative estimate of drug-likeness (QED) is 0.234. The van der Waals surface area contributed by atoms with E-state index in [9.17, 15) is 4.79 Å². The molecule has 0 bridgehead atoms. The van der Waals surface area contributed by atoms with Crippen LogP contribution in [0.4, 0.5) is 0 Å². The zero-order chi connectivity index (χ0) is 22.8. The van der Waals surface area contributed by atoms with Crippen LogP contribution in [0.5, 0.6) is 5.75 Å². The number of aromatic nitrogens is 2. The number of rotatable bonds is 5. The monoisotopic (exact) mass is 593 g/mol. The Balaban J connectivity index is 1.73. The molecule has 1 aromatic heterocycles. The van der Waals surface area contributed by atoms with Crippen molar-refractivity contribution >= 4 is 72.2 Å². The third-order valence-electron chi connectivity index (χ3n) is 4.65. The molecule has 5 nitrogen and oxygen atoms in total. The molecule has 32 heavy (non-hydrogen) atoms. The third-order valence-corrected chi connectivity index (χ3v) is 6.32. The van der Waals surface area contributed by atoms with Crippen LogP contribution in [-0.2, 0) is 6.61 Å². The second kappa shape index (κ2) is 9.75. The molecular formula is C23H15Br2Cl2N3O2. The molecule has 162 valence electrons. The van der Waals surface area contributed by atoms with E-state index in [1.807, 2.05) is 24.3 Å². The minimum absolute atomic E-state index is 0.255. The summed E-state index contributed by atoms with van der Waals surface area (Å²) in [5.74, 6) is 0.987. The Labute approximate surface area is 210 Å². The number of benzene rings is 3. The summed E-state index contributed by atoms with van der Waals surface area (Å²) >= 11 is 19.4. The number of fused-ring (bicyclic) bond motifs is 1. The molecule has 9 heteroatoms. The van der Waals surface area contributed by atoms with Crippen molar-refractivity contribution < 1.29 is 4.74 Å². The summed E-state index contributed by atoms with van der Waals surface area (Å²) in [5, 5.41) is 5.96. The summed E-state index contributed by atoms with van der Waals surface area (Å²) in [5.41, 5.74) is 1.77.